The monoisotopic (exact) mass is 306 g/mol. The minimum absolute atomic E-state index is 0.130. The van der Waals surface area contributed by atoms with Crippen LogP contribution < -0.4 is 5.32 Å². The summed E-state index contributed by atoms with van der Waals surface area (Å²) in [6.45, 7) is 4.19. The first-order chi connectivity index (χ1) is 10.0. The summed E-state index contributed by atoms with van der Waals surface area (Å²) in [7, 11) is 0. The number of benzene rings is 1. The number of thioether (sulfide) groups is 1. The Hall–Kier alpha value is -1.95. The van der Waals surface area contributed by atoms with E-state index < -0.39 is 0 Å². The molecule has 2 aromatic rings. The molecule has 0 amide bonds. The standard InChI is InChI=1S/C15H18N2O3S/c1-10-6-11(2)15(17(18)19)7-14(10)16-8-12-4-5-13(20-12)9-21-3/h4-7,16H,8-9H2,1-3H3. The minimum Gasteiger partial charge on any atom is -0.463 e. The lowest BCUT2D eigenvalue weighted by Crippen LogP contribution is -2.02. The maximum Gasteiger partial charge on any atom is 0.274 e. The van der Waals surface area contributed by atoms with Crippen molar-refractivity contribution in [2.75, 3.05) is 11.6 Å². The van der Waals surface area contributed by atoms with E-state index in [1.54, 1.807) is 24.8 Å². The highest BCUT2D eigenvalue weighted by Gasteiger charge is 2.13. The van der Waals surface area contributed by atoms with Gasteiger partial charge in [0.15, 0.2) is 0 Å². The van der Waals surface area contributed by atoms with E-state index in [9.17, 15) is 10.1 Å². The molecule has 21 heavy (non-hydrogen) atoms. The Morgan fingerprint density at radius 1 is 1.24 bits per heavy atom. The molecule has 5 nitrogen and oxygen atoms in total. The fourth-order valence-electron chi connectivity index (χ4n) is 2.15. The van der Waals surface area contributed by atoms with Crippen molar-refractivity contribution >= 4 is 23.1 Å². The van der Waals surface area contributed by atoms with Crippen LogP contribution in [0.3, 0.4) is 0 Å². The summed E-state index contributed by atoms with van der Waals surface area (Å²) in [5.74, 6) is 2.60. The first kappa shape index (κ1) is 15.4. The predicted molar refractivity (Wildman–Crippen MR) is 85.8 cm³/mol. The van der Waals surface area contributed by atoms with Crippen molar-refractivity contribution in [2.24, 2.45) is 0 Å². The Bertz CT molecular complexity index is 652. The molecule has 0 aliphatic heterocycles. The van der Waals surface area contributed by atoms with Crippen molar-refractivity contribution < 1.29 is 9.34 Å². The first-order valence-corrected chi connectivity index (χ1v) is 7.96. The molecule has 112 valence electrons. The Morgan fingerprint density at radius 2 is 1.95 bits per heavy atom. The number of aryl methyl sites for hydroxylation is 2. The van der Waals surface area contributed by atoms with E-state index in [-0.39, 0.29) is 10.6 Å². The molecule has 0 saturated carbocycles. The van der Waals surface area contributed by atoms with Crippen LogP contribution in [0.1, 0.15) is 22.6 Å². The van der Waals surface area contributed by atoms with E-state index in [0.717, 1.165) is 28.5 Å². The number of anilines is 1. The summed E-state index contributed by atoms with van der Waals surface area (Å²) < 4.78 is 5.67. The summed E-state index contributed by atoms with van der Waals surface area (Å²) >= 11 is 1.70. The molecule has 1 N–H and O–H groups in total. The van der Waals surface area contributed by atoms with Gasteiger partial charge in [0.1, 0.15) is 11.5 Å². The molecule has 0 radical (unpaired) electrons. The van der Waals surface area contributed by atoms with E-state index in [1.165, 1.54) is 0 Å². The third-order valence-electron chi connectivity index (χ3n) is 3.20. The Labute approximate surface area is 127 Å². The van der Waals surface area contributed by atoms with Crippen molar-refractivity contribution in [3.8, 4) is 0 Å². The molecule has 0 spiro atoms. The smallest absolute Gasteiger partial charge is 0.274 e. The second-order valence-corrected chi connectivity index (χ2v) is 5.73. The van der Waals surface area contributed by atoms with Crippen molar-refractivity contribution in [3.05, 3.63) is 57.0 Å². The largest absolute Gasteiger partial charge is 0.463 e. The molecule has 2 rings (SSSR count). The maximum absolute atomic E-state index is 11.0. The van der Waals surface area contributed by atoms with E-state index >= 15 is 0 Å². The van der Waals surface area contributed by atoms with E-state index in [4.69, 9.17) is 4.42 Å². The van der Waals surface area contributed by atoms with Gasteiger partial charge in [0.25, 0.3) is 5.69 Å². The molecule has 1 heterocycles. The zero-order chi connectivity index (χ0) is 15.4. The second kappa shape index (κ2) is 6.67. The number of rotatable bonds is 6. The van der Waals surface area contributed by atoms with E-state index in [1.807, 2.05) is 31.4 Å². The summed E-state index contributed by atoms with van der Waals surface area (Å²) in [5.41, 5.74) is 2.54. The van der Waals surface area contributed by atoms with Gasteiger partial charge in [-0.1, -0.05) is 0 Å². The van der Waals surface area contributed by atoms with Crippen LogP contribution >= 0.6 is 11.8 Å². The molecular formula is C15H18N2O3S. The Kier molecular flexibility index (Phi) is 4.90. The van der Waals surface area contributed by atoms with Gasteiger partial charge in [-0.2, -0.15) is 11.8 Å². The van der Waals surface area contributed by atoms with Crippen molar-refractivity contribution in [1.29, 1.82) is 0 Å². The summed E-state index contributed by atoms with van der Waals surface area (Å²) in [6, 6.07) is 7.28. The number of nitrogens with one attached hydrogen (secondary N) is 1. The molecule has 1 aromatic heterocycles. The van der Waals surface area contributed by atoms with Crippen molar-refractivity contribution in [3.63, 3.8) is 0 Å². The van der Waals surface area contributed by atoms with Crippen LogP contribution in [0.4, 0.5) is 11.4 Å². The van der Waals surface area contributed by atoms with Gasteiger partial charge in [-0.05, 0) is 43.9 Å². The van der Waals surface area contributed by atoms with Crippen molar-refractivity contribution in [1.82, 2.24) is 0 Å². The summed E-state index contributed by atoms with van der Waals surface area (Å²) in [6.07, 6.45) is 2.02. The SMILES string of the molecule is CSCc1ccc(CNc2cc([N+](=O)[O-])c(C)cc2C)o1. The van der Waals surface area contributed by atoms with Gasteiger partial charge in [0.2, 0.25) is 0 Å². The van der Waals surface area contributed by atoms with E-state index in [0.29, 0.717) is 12.1 Å². The number of furan rings is 1. The number of hydrogen-bond donors (Lipinski definition) is 1. The van der Waals surface area contributed by atoms with Gasteiger partial charge >= 0.3 is 0 Å². The van der Waals surface area contributed by atoms with E-state index in [2.05, 4.69) is 5.32 Å². The summed E-state index contributed by atoms with van der Waals surface area (Å²) in [4.78, 5) is 10.6. The van der Waals surface area contributed by atoms with Gasteiger partial charge < -0.3 is 9.73 Å². The third kappa shape index (κ3) is 3.78. The highest BCUT2D eigenvalue weighted by molar-refractivity contribution is 7.97. The lowest BCUT2D eigenvalue weighted by molar-refractivity contribution is -0.385. The van der Waals surface area contributed by atoms with Crippen LogP contribution in [0.2, 0.25) is 0 Å². The lowest BCUT2D eigenvalue weighted by atomic mass is 10.1. The Balaban J connectivity index is 2.11. The molecule has 0 bridgehead atoms. The highest BCUT2D eigenvalue weighted by atomic mass is 32.2. The zero-order valence-electron chi connectivity index (χ0n) is 12.3. The average molecular weight is 306 g/mol. The predicted octanol–water partition coefficient (Wildman–Crippen LogP) is 4.28. The van der Waals surface area contributed by atoms with Crippen molar-refractivity contribution in [2.45, 2.75) is 26.1 Å². The fourth-order valence-corrected chi connectivity index (χ4v) is 2.59. The van der Waals surface area contributed by atoms with Gasteiger partial charge in [0, 0.05) is 17.3 Å². The first-order valence-electron chi connectivity index (χ1n) is 6.57. The molecule has 0 saturated heterocycles. The number of nitrogens with zero attached hydrogens (tertiary/aromatic N) is 1. The van der Waals surface area contributed by atoms with Crippen LogP contribution in [0.5, 0.6) is 0 Å². The number of nitro benzene ring substituents is 1. The molecule has 0 unspecified atom stereocenters. The quantitative estimate of drug-likeness (QED) is 0.637. The molecule has 0 aliphatic carbocycles. The molecular weight excluding hydrogens is 288 g/mol. The maximum atomic E-state index is 11.0. The van der Waals surface area contributed by atoms with Gasteiger partial charge in [-0.3, -0.25) is 10.1 Å². The molecule has 1 aromatic carbocycles. The molecule has 0 atom stereocenters. The number of nitro groups is 1. The Morgan fingerprint density at radius 3 is 2.62 bits per heavy atom. The van der Waals surface area contributed by atoms with Gasteiger partial charge in [0.05, 0.1) is 17.2 Å². The van der Waals surface area contributed by atoms with Crippen LogP contribution in [0, 0.1) is 24.0 Å². The van der Waals surface area contributed by atoms with Crippen LogP contribution in [0.25, 0.3) is 0 Å². The van der Waals surface area contributed by atoms with Crippen LogP contribution in [-0.4, -0.2) is 11.2 Å². The zero-order valence-corrected chi connectivity index (χ0v) is 13.1. The molecule has 6 heteroatoms. The summed E-state index contributed by atoms with van der Waals surface area (Å²) in [5, 5.41) is 14.2. The lowest BCUT2D eigenvalue weighted by Gasteiger charge is -2.09. The molecule has 0 aliphatic rings. The van der Waals surface area contributed by atoms with Gasteiger partial charge in [-0.15, -0.1) is 0 Å². The number of hydrogen-bond acceptors (Lipinski definition) is 5. The third-order valence-corrected chi connectivity index (χ3v) is 3.77. The van der Waals surface area contributed by atoms with Crippen LogP contribution in [0.15, 0.2) is 28.7 Å². The topological polar surface area (TPSA) is 68.3 Å². The second-order valence-electron chi connectivity index (χ2n) is 4.87. The van der Waals surface area contributed by atoms with Gasteiger partial charge in [-0.25, -0.2) is 0 Å². The average Bonchev–Trinajstić information content (AvgIpc) is 2.85. The minimum atomic E-state index is -0.358. The normalized spacial score (nSPS) is 10.6. The van der Waals surface area contributed by atoms with Crippen LogP contribution in [-0.2, 0) is 12.3 Å². The molecule has 0 fully saturated rings. The fraction of sp³-hybridized carbons (Fsp3) is 0.333. The highest BCUT2D eigenvalue weighted by Crippen LogP contribution is 2.26.